The lowest BCUT2D eigenvalue weighted by Gasteiger charge is -2.26. The van der Waals surface area contributed by atoms with Gasteiger partial charge in [-0.05, 0) is 62.1 Å². The highest BCUT2D eigenvalue weighted by atomic mass is 16.2. The Labute approximate surface area is 177 Å². The largest absolute Gasteiger partial charge is 0.326 e. The van der Waals surface area contributed by atoms with Crippen LogP contribution in [0.3, 0.4) is 0 Å². The number of nitrogens with zero attached hydrogens (tertiary/aromatic N) is 1. The van der Waals surface area contributed by atoms with Gasteiger partial charge in [-0.3, -0.25) is 4.90 Å². The van der Waals surface area contributed by atoms with Crippen molar-refractivity contribution in [1.29, 1.82) is 0 Å². The van der Waals surface area contributed by atoms with Gasteiger partial charge in [0.05, 0.1) is 0 Å². The van der Waals surface area contributed by atoms with Crippen molar-refractivity contribution in [3.8, 4) is 0 Å². The summed E-state index contributed by atoms with van der Waals surface area (Å²) in [7, 11) is 0. The van der Waals surface area contributed by atoms with Gasteiger partial charge in [-0.2, -0.15) is 0 Å². The molecule has 158 valence electrons. The number of urea groups is 1. The fourth-order valence-corrected chi connectivity index (χ4v) is 3.68. The minimum atomic E-state index is -0.0505. The summed E-state index contributed by atoms with van der Waals surface area (Å²) in [5, 5.41) is 3.06. The first-order valence-corrected chi connectivity index (χ1v) is 11.2. The summed E-state index contributed by atoms with van der Waals surface area (Å²) in [6, 6.07) is 13.9. The maximum Gasteiger partial charge on any atom is 0.326 e. The number of para-hydroxylation sites is 1. The van der Waals surface area contributed by atoms with Crippen molar-refractivity contribution in [2.45, 2.75) is 79.1 Å². The second kappa shape index (κ2) is 12.3. The highest BCUT2D eigenvalue weighted by molar-refractivity contribution is 6.02. The molecule has 0 aliphatic rings. The van der Waals surface area contributed by atoms with Gasteiger partial charge in [0, 0.05) is 17.9 Å². The number of carbonyl (C=O) groups excluding carboxylic acids is 1. The first-order chi connectivity index (χ1) is 14.0. The van der Waals surface area contributed by atoms with Crippen LogP contribution in [0, 0.1) is 20.8 Å². The van der Waals surface area contributed by atoms with Crippen LogP contribution in [0.1, 0.15) is 75.0 Å². The van der Waals surface area contributed by atoms with Crippen molar-refractivity contribution < 1.29 is 4.79 Å². The molecule has 0 atom stereocenters. The van der Waals surface area contributed by atoms with Gasteiger partial charge >= 0.3 is 6.03 Å². The molecule has 0 aliphatic heterocycles. The van der Waals surface area contributed by atoms with Crippen molar-refractivity contribution in [3.05, 3.63) is 59.2 Å². The van der Waals surface area contributed by atoms with E-state index >= 15 is 0 Å². The number of aryl methyl sites for hydroxylation is 1. The van der Waals surface area contributed by atoms with Crippen molar-refractivity contribution in [3.63, 3.8) is 0 Å². The van der Waals surface area contributed by atoms with E-state index in [1.807, 2.05) is 35.2 Å². The smallest absolute Gasteiger partial charge is 0.308 e. The van der Waals surface area contributed by atoms with Gasteiger partial charge in [-0.1, -0.05) is 76.1 Å². The zero-order chi connectivity index (χ0) is 21.1. The molecule has 2 aromatic carbocycles. The van der Waals surface area contributed by atoms with Gasteiger partial charge < -0.3 is 5.32 Å². The van der Waals surface area contributed by atoms with Crippen LogP contribution in [0.25, 0.3) is 0 Å². The quantitative estimate of drug-likeness (QED) is 0.387. The standard InChI is InChI=1S/C26H38N2O/c1-5-6-7-8-9-10-11-15-20-28(25-19-18-21(2)22(3)23(25)4)26(29)27-24-16-13-12-14-17-24/h12-14,16-19H,5-11,15,20H2,1-4H3,(H,27,29). The summed E-state index contributed by atoms with van der Waals surface area (Å²) < 4.78 is 0. The number of anilines is 2. The molecule has 0 bridgehead atoms. The Kier molecular flexibility index (Phi) is 9.76. The number of nitrogens with one attached hydrogen (secondary N) is 1. The minimum Gasteiger partial charge on any atom is -0.308 e. The molecule has 2 aromatic rings. The lowest BCUT2D eigenvalue weighted by Crippen LogP contribution is -2.36. The van der Waals surface area contributed by atoms with Crippen LogP contribution in [0.4, 0.5) is 16.2 Å². The summed E-state index contributed by atoms with van der Waals surface area (Å²) in [6.45, 7) is 9.38. The average molecular weight is 395 g/mol. The van der Waals surface area contributed by atoms with E-state index in [0.717, 1.165) is 24.3 Å². The van der Waals surface area contributed by atoms with Gasteiger partial charge in [-0.25, -0.2) is 4.79 Å². The van der Waals surface area contributed by atoms with Crippen LogP contribution in [0.15, 0.2) is 42.5 Å². The molecular formula is C26H38N2O. The van der Waals surface area contributed by atoms with Crippen molar-refractivity contribution in [2.75, 3.05) is 16.8 Å². The molecule has 3 heteroatoms. The minimum absolute atomic E-state index is 0.0505. The van der Waals surface area contributed by atoms with Crippen LogP contribution in [-0.2, 0) is 0 Å². The third-order valence-electron chi connectivity index (χ3n) is 5.83. The SMILES string of the molecule is CCCCCCCCCCN(C(=O)Nc1ccccc1)c1ccc(C)c(C)c1C. The maximum absolute atomic E-state index is 13.1. The highest BCUT2D eigenvalue weighted by Crippen LogP contribution is 2.27. The Morgan fingerprint density at radius 2 is 1.41 bits per heavy atom. The number of carbonyl (C=O) groups is 1. The van der Waals surface area contributed by atoms with Gasteiger partial charge in [0.15, 0.2) is 0 Å². The molecule has 0 aliphatic carbocycles. The normalized spacial score (nSPS) is 10.8. The Morgan fingerprint density at radius 1 is 0.793 bits per heavy atom. The Balaban J connectivity index is 2.02. The zero-order valence-corrected chi connectivity index (χ0v) is 18.8. The summed E-state index contributed by atoms with van der Waals surface area (Å²) >= 11 is 0. The molecule has 2 rings (SSSR count). The summed E-state index contributed by atoms with van der Waals surface area (Å²) in [5.41, 5.74) is 5.56. The van der Waals surface area contributed by atoms with E-state index < -0.39 is 0 Å². The summed E-state index contributed by atoms with van der Waals surface area (Å²) in [4.78, 5) is 15.0. The van der Waals surface area contributed by atoms with E-state index in [4.69, 9.17) is 0 Å². The van der Waals surface area contributed by atoms with Gasteiger partial charge in [0.2, 0.25) is 0 Å². The zero-order valence-electron chi connectivity index (χ0n) is 18.8. The van der Waals surface area contributed by atoms with Gasteiger partial charge in [0.1, 0.15) is 0 Å². The van der Waals surface area contributed by atoms with Crippen LogP contribution in [-0.4, -0.2) is 12.6 Å². The molecule has 3 nitrogen and oxygen atoms in total. The monoisotopic (exact) mass is 394 g/mol. The molecule has 1 N–H and O–H groups in total. The fourth-order valence-electron chi connectivity index (χ4n) is 3.68. The summed E-state index contributed by atoms with van der Waals surface area (Å²) in [6.07, 6.45) is 10.1. The Bertz CT molecular complexity index is 755. The van der Waals surface area contributed by atoms with E-state index in [9.17, 15) is 4.79 Å². The second-order valence-electron chi connectivity index (χ2n) is 8.07. The number of benzene rings is 2. The first kappa shape index (κ1) is 23.0. The molecule has 0 saturated heterocycles. The molecule has 0 saturated carbocycles. The van der Waals surface area contributed by atoms with Crippen molar-refractivity contribution >= 4 is 17.4 Å². The van der Waals surface area contributed by atoms with Crippen molar-refractivity contribution in [2.24, 2.45) is 0 Å². The third kappa shape index (κ3) is 7.23. The van der Waals surface area contributed by atoms with E-state index in [0.29, 0.717) is 0 Å². The van der Waals surface area contributed by atoms with Crippen molar-refractivity contribution in [1.82, 2.24) is 0 Å². The predicted molar refractivity (Wildman–Crippen MR) is 126 cm³/mol. The number of hydrogen-bond acceptors (Lipinski definition) is 1. The Morgan fingerprint density at radius 3 is 2.07 bits per heavy atom. The molecular weight excluding hydrogens is 356 g/mol. The van der Waals surface area contributed by atoms with Crippen LogP contribution >= 0.6 is 0 Å². The number of hydrogen-bond donors (Lipinski definition) is 1. The maximum atomic E-state index is 13.1. The van der Waals surface area contributed by atoms with Crippen LogP contribution < -0.4 is 10.2 Å². The highest BCUT2D eigenvalue weighted by Gasteiger charge is 2.18. The molecule has 0 unspecified atom stereocenters. The predicted octanol–water partition coefficient (Wildman–Crippen LogP) is 7.79. The summed E-state index contributed by atoms with van der Waals surface area (Å²) in [5.74, 6) is 0. The molecule has 2 amide bonds. The molecule has 0 aromatic heterocycles. The number of unbranched alkanes of at least 4 members (excludes halogenated alkanes) is 7. The van der Waals surface area contributed by atoms with E-state index in [-0.39, 0.29) is 6.03 Å². The lowest BCUT2D eigenvalue weighted by atomic mass is 10.0. The number of amides is 2. The second-order valence-corrected chi connectivity index (χ2v) is 8.07. The molecule has 0 radical (unpaired) electrons. The average Bonchev–Trinajstić information content (AvgIpc) is 2.72. The lowest BCUT2D eigenvalue weighted by molar-refractivity contribution is 0.256. The van der Waals surface area contributed by atoms with E-state index in [1.165, 1.54) is 61.6 Å². The molecule has 0 spiro atoms. The third-order valence-corrected chi connectivity index (χ3v) is 5.83. The Hall–Kier alpha value is -2.29. The van der Waals surface area contributed by atoms with Gasteiger partial charge in [0.25, 0.3) is 0 Å². The topological polar surface area (TPSA) is 32.3 Å². The molecule has 0 heterocycles. The van der Waals surface area contributed by atoms with E-state index in [1.54, 1.807) is 0 Å². The number of rotatable bonds is 11. The van der Waals surface area contributed by atoms with E-state index in [2.05, 4.69) is 45.1 Å². The van der Waals surface area contributed by atoms with Crippen LogP contribution in [0.2, 0.25) is 0 Å². The fraction of sp³-hybridized carbons (Fsp3) is 0.500. The molecule has 0 fully saturated rings. The molecule has 29 heavy (non-hydrogen) atoms. The van der Waals surface area contributed by atoms with Gasteiger partial charge in [-0.15, -0.1) is 0 Å². The first-order valence-electron chi connectivity index (χ1n) is 11.2. The van der Waals surface area contributed by atoms with Crippen LogP contribution in [0.5, 0.6) is 0 Å².